The average Bonchev–Trinajstić information content (AvgIpc) is 2.98. The molecule has 0 aromatic carbocycles. The van der Waals surface area contributed by atoms with E-state index in [4.69, 9.17) is 0 Å². The molecular weight excluding hydrogens is 322 g/mol. The smallest absolute Gasteiger partial charge is 0.0738 e. The molecule has 0 aliphatic heterocycles. The van der Waals surface area contributed by atoms with Gasteiger partial charge in [-0.15, -0.1) is 11.3 Å². The van der Waals surface area contributed by atoms with Crippen LogP contribution in [-0.2, 0) is 13.5 Å². The highest BCUT2D eigenvalue weighted by Crippen LogP contribution is 2.28. The molecule has 2 heterocycles. The maximum Gasteiger partial charge on any atom is 0.0738 e. The number of thiophene rings is 1. The van der Waals surface area contributed by atoms with E-state index in [1.54, 1.807) is 0 Å². The monoisotopic (exact) mass is 341 g/mol. The minimum Gasteiger partial charge on any atom is -0.309 e. The Hall–Kier alpha value is -0.650. The van der Waals surface area contributed by atoms with Crippen LogP contribution in [0.1, 0.15) is 35.7 Å². The van der Waals surface area contributed by atoms with E-state index < -0.39 is 0 Å². The average molecular weight is 342 g/mol. The lowest BCUT2D eigenvalue weighted by molar-refractivity contribution is 0.518. The Morgan fingerprint density at radius 1 is 1.53 bits per heavy atom. The van der Waals surface area contributed by atoms with Crippen molar-refractivity contribution in [3.8, 4) is 0 Å². The van der Waals surface area contributed by atoms with E-state index in [9.17, 15) is 0 Å². The third-order valence-corrected chi connectivity index (χ3v) is 5.20. The zero-order valence-electron chi connectivity index (χ0n) is 11.6. The number of aromatic nitrogens is 2. The van der Waals surface area contributed by atoms with E-state index in [0.29, 0.717) is 6.04 Å². The summed E-state index contributed by atoms with van der Waals surface area (Å²) >= 11 is 5.47. The number of aryl methyl sites for hydroxylation is 2. The molecule has 0 radical (unpaired) electrons. The van der Waals surface area contributed by atoms with Crippen molar-refractivity contribution in [2.24, 2.45) is 7.05 Å². The third kappa shape index (κ3) is 3.46. The van der Waals surface area contributed by atoms with Crippen molar-refractivity contribution in [1.82, 2.24) is 15.1 Å². The number of hydrogen-bond donors (Lipinski definition) is 1. The van der Waals surface area contributed by atoms with E-state index in [-0.39, 0.29) is 0 Å². The molecule has 2 rings (SSSR count). The summed E-state index contributed by atoms with van der Waals surface area (Å²) in [5, 5.41) is 10.2. The maximum atomic E-state index is 4.47. The first kappa shape index (κ1) is 14.8. The third-order valence-electron chi connectivity index (χ3n) is 3.19. The van der Waals surface area contributed by atoms with Gasteiger partial charge in [-0.2, -0.15) is 5.10 Å². The Bertz CT molecular complexity index is 519. The van der Waals surface area contributed by atoms with Crippen LogP contribution in [0.2, 0.25) is 0 Å². The predicted octanol–water partition coefficient (Wildman–Crippen LogP) is 3.84. The van der Waals surface area contributed by atoms with Crippen LogP contribution in [0.4, 0.5) is 0 Å². The van der Waals surface area contributed by atoms with Crippen molar-refractivity contribution < 1.29 is 0 Å². The summed E-state index contributed by atoms with van der Waals surface area (Å²) in [6, 6.07) is 4.69. The Morgan fingerprint density at radius 2 is 2.32 bits per heavy atom. The molecule has 0 amide bonds. The molecule has 0 aliphatic rings. The van der Waals surface area contributed by atoms with Gasteiger partial charge in [0.15, 0.2) is 0 Å². The normalized spacial score (nSPS) is 12.8. The molecule has 1 unspecified atom stereocenters. The molecule has 2 aromatic heterocycles. The Morgan fingerprint density at radius 3 is 2.84 bits per heavy atom. The molecule has 104 valence electrons. The summed E-state index contributed by atoms with van der Waals surface area (Å²) in [6.45, 7) is 5.27. The molecule has 19 heavy (non-hydrogen) atoms. The molecule has 0 bridgehead atoms. The molecule has 0 spiro atoms. The van der Waals surface area contributed by atoms with Crippen LogP contribution in [0.3, 0.4) is 0 Å². The second-order valence-corrected chi connectivity index (χ2v) is 6.47. The maximum absolute atomic E-state index is 4.47. The van der Waals surface area contributed by atoms with Gasteiger partial charge in [0.1, 0.15) is 0 Å². The van der Waals surface area contributed by atoms with E-state index >= 15 is 0 Å². The fraction of sp³-hybridized carbons (Fsp3) is 0.500. The van der Waals surface area contributed by atoms with Crippen LogP contribution in [0.25, 0.3) is 0 Å². The number of halogens is 1. The highest BCUT2D eigenvalue weighted by molar-refractivity contribution is 9.10. The largest absolute Gasteiger partial charge is 0.309 e. The molecule has 1 atom stereocenters. The molecule has 0 fully saturated rings. The predicted molar refractivity (Wildman–Crippen MR) is 84.7 cm³/mol. The van der Waals surface area contributed by atoms with Gasteiger partial charge in [0.25, 0.3) is 0 Å². The van der Waals surface area contributed by atoms with Crippen molar-refractivity contribution in [3.05, 3.63) is 38.3 Å². The molecule has 2 aromatic rings. The second-order valence-electron chi connectivity index (χ2n) is 4.70. The first-order chi connectivity index (χ1) is 9.13. The molecule has 3 nitrogen and oxygen atoms in total. The second kappa shape index (κ2) is 6.68. The molecular formula is C14H20BrN3S. The van der Waals surface area contributed by atoms with Crippen molar-refractivity contribution in [2.45, 2.75) is 32.7 Å². The summed E-state index contributed by atoms with van der Waals surface area (Å²) in [5.74, 6) is 0. The molecule has 0 aliphatic carbocycles. The summed E-state index contributed by atoms with van der Waals surface area (Å²) in [4.78, 5) is 1.39. The van der Waals surface area contributed by atoms with E-state index in [0.717, 1.165) is 29.6 Å². The fourth-order valence-electron chi connectivity index (χ4n) is 2.18. The van der Waals surface area contributed by atoms with E-state index in [1.165, 1.54) is 10.6 Å². The van der Waals surface area contributed by atoms with Crippen LogP contribution >= 0.6 is 27.3 Å². The van der Waals surface area contributed by atoms with Crippen molar-refractivity contribution in [3.63, 3.8) is 0 Å². The minimum absolute atomic E-state index is 0.367. The van der Waals surface area contributed by atoms with Gasteiger partial charge in [0, 0.05) is 24.4 Å². The topological polar surface area (TPSA) is 29.9 Å². The lowest BCUT2D eigenvalue weighted by Crippen LogP contribution is -2.24. The molecule has 5 heteroatoms. The van der Waals surface area contributed by atoms with Crippen LogP contribution in [-0.4, -0.2) is 16.3 Å². The Labute approximate surface area is 127 Å². The lowest BCUT2D eigenvalue weighted by Gasteiger charge is -2.17. The van der Waals surface area contributed by atoms with Crippen LogP contribution in [0, 0.1) is 6.92 Å². The molecule has 1 N–H and O–H groups in total. The minimum atomic E-state index is 0.367. The first-order valence-electron chi connectivity index (χ1n) is 6.58. The molecule has 0 saturated carbocycles. The van der Waals surface area contributed by atoms with Gasteiger partial charge < -0.3 is 5.32 Å². The van der Waals surface area contributed by atoms with Gasteiger partial charge in [-0.1, -0.05) is 13.0 Å². The summed E-state index contributed by atoms with van der Waals surface area (Å²) in [5.41, 5.74) is 2.30. The van der Waals surface area contributed by atoms with Crippen molar-refractivity contribution in [2.75, 3.05) is 6.54 Å². The lowest BCUT2D eigenvalue weighted by atomic mass is 10.1. The van der Waals surface area contributed by atoms with Gasteiger partial charge in [-0.25, -0.2) is 0 Å². The van der Waals surface area contributed by atoms with E-state index in [1.807, 2.05) is 30.0 Å². The zero-order valence-corrected chi connectivity index (χ0v) is 14.0. The first-order valence-corrected chi connectivity index (χ1v) is 8.25. The Balaban J connectivity index is 2.20. The van der Waals surface area contributed by atoms with Gasteiger partial charge in [0.2, 0.25) is 0 Å². The van der Waals surface area contributed by atoms with Crippen LogP contribution in [0.15, 0.2) is 22.0 Å². The van der Waals surface area contributed by atoms with Crippen LogP contribution < -0.4 is 5.32 Å². The number of nitrogens with zero attached hydrogens (tertiary/aromatic N) is 2. The SMILES string of the molecule is CCCNC(Cc1c(Br)c(C)nn1C)c1cccs1. The molecule has 0 saturated heterocycles. The Kier molecular flexibility index (Phi) is 5.19. The standard InChI is InChI=1S/C14H20BrN3S/c1-4-7-16-11(13-6-5-8-19-13)9-12-14(15)10(2)17-18(12)3/h5-6,8,11,16H,4,7,9H2,1-3H3. The van der Waals surface area contributed by atoms with Crippen LogP contribution in [0.5, 0.6) is 0 Å². The summed E-state index contributed by atoms with van der Waals surface area (Å²) in [6.07, 6.45) is 2.10. The number of rotatable bonds is 6. The van der Waals surface area contributed by atoms with Gasteiger partial charge >= 0.3 is 0 Å². The highest BCUT2D eigenvalue weighted by atomic mass is 79.9. The number of hydrogen-bond acceptors (Lipinski definition) is 3. The summed E-state index contributed by atoms with van der Waals surface area (Å²) < 4.78 is 3.11. The summed E-state index contributed by atoms with van der Waals surface area (Å²) in [7, 11) is 2.01. The fourth-order valence-corrected chi connectivity index (χ4v) is 3.48. The van der Waals surface area contributed by atoms with Gasteiger partial charge in [-0.3, -0.25) is 4.68 Å². The van der Waals surface area contributed by atoms with Gasteiger partial charge in [-0.05, 0) is 47.3 Å². The quantitative estimate of drug-likeness (QED) is 0.865. The number of nitrogens with one attached hydrogen (secondary N) is 1. The van der Waals surface area contributed by atoms with Gasteiger partial charge in [0.05, 0.1) is 15.9 Å². The zero-order chi connectivity index (χ0) is 13.8. The van der Waals surface area contributed by atoms with Crippen molar-refractivity contribution in [1.29, 1.82) is 0 Å². The van der Waals surface area contributed by atoms with E-state index in [2.05, 4.69) is 50.8 Å². The highest BCUT2D eigenvalue weighted by Gasteiger charge is 2.18. The van der Waals surface area contributed by atoms with Crippen molar-refractivity contribution >= 4 is 27.3 Å².